The molecule has 1 heterocycles. The molecule has 3 aromatic rings. The van der Waals surface area contributed by atoms with Gasteiger partial charge in [0.05, 0.1) is 16.2 Å². The molecule has 0 atom stereocenters. The monoisotopic (exact) mass is 374 g/mol. The first-order valence-electron chi connectivity index (χ1n) is 7.95. The first-order chi connectivity index (χ1) is 12.3. The number of hydrogen-bond acceptors (Lipinski definition) is 5. The Labute approximate surface area is 150 Å². The maximum atomic E-state index is 12.3. The highest BCUT2D eigenvalue weighted by atomic mass is 32.2. The van der Waals surface area contributed by atoms with Gasteiger partial charge >= 0.3 is 5.76 Å². The summed E-state index contributed by atoms with van der Waals surface area (Å²) in [4.78, 5) is 23.8. The number of nitrogens with one attached hydrogen (secondary N) is 1. The highest BCUT2D eigenvalue weighted by molar-refractivity contribution is 7.91. The molecule has 0 aliphatic carbocycles. The van der Waals surface area contributed by atoms with Crippen LogP contribution in [0.15, 0.2) is 56.6 Å². The quantitative estimate of drug-likeness (QED) is 0.738. The van der Waals surface area contributed by atoms with Crippen molar-refractivity contribution in [1.29, 1.82) is 0 Å². The molecule has 0 radical (unpaired) electrons. The van der Waals surface area contributed by atoms with Crippen molar-refractivity contribution in [3.63, 3.8) is 0 Å². The molecule has 8 heteroatoms. The van der Waals surface area contributed by atoms with E-state index in [-0.39, 0.29) is 17.1 Å². The highest BCUT2D eigenvalue weighted by Gasteiger charge is 2.17. The van der Waals surface area contributed by atoms with Crippen molar-refractivity contribution in [2.45, 2.75) is 18.2 Å². The normalized spacial score (nSPS) is 11.6. The lowest BCUT2D eigenvalue weighted by Crippen LogP contribution is -2.17. The molecule has 0 spiro atoms. The lowest BCUT2D eigenvalue weighted by Gasteiger charge is -2.07. The summed E-state index contributed by atoms with van der Waals surface area (Å²) in [6, 6.07) is 11.3. The first-order valence-corrected chi connectivity index (χ1v) is 9.60. The molecular weight excluding hydrogens is 356 g/mol. The summed E-state index contributed by atoms with van der Waals surface area (Å²) in [7, 11) is -1.96. The van der Waals surface area contributed by atoms with E-state index in [1.807, 2.05) is 6.92 Å². The van der Waals surface area contributed by atoms with Crippen LogP contribution in [0, 0.1) is 6.92 Å². The van der Waals surface area contributed by atoms with Crippen molar-refractivity contribution in [3.8, 4) is 0 Å². The number of nitrogens with zero attached hydrogens (tertiary/aromatic N) is 1. The molecule has 1 N–H and O–H groups in total. The predicted octanol–water partition coefficient (Wildman–Crippen LogP) is 2.24. The van der Waals surface area contributed by atoms with Gasteiger partial charge in [-0.1, -0.05) is 17.7 Å². The Morgan fingerprint density at radius 2 is 1.85 bits per heavy atom. The number of amides is 1. The van der Waals surface area contributed by atoms with E-state index in [0.29, 0.717) is 16.8 Å². The molecule has 0 aliphatic heterocycles. The van der Waals surface area contributed by atoms with E-state index in [9.17, 15) is 18.0 Å². The standard InChI is InChI=1S/C18H18N2O5S/c1-12-3-6-14(7-4-12)26(23,24)10-9-17(21)19-13-5-8-16-15(11-13)20(2)18(22)25-16/h3-8,11H,9-10H2,1-2H3,(H,19,21). The molecule has 2 aromatic carbocycles. The summed E-state index contributed by atoms with van der Waals surface area (Å²) in [6.07, 6.45) is -0.168. The third-order valence-electron chi connectivity index (χ3n) is 4.05. The molecule has 1 aromatic heterocycles. The number of hydrogen-bond donors (Lipinski definition) is 1. The molecule has 3 rings (SSSR count). The number of rotatable bonds is 5. The summed E-state index contributed by atoms with van der Waals surface area (Å²) in [5.74, 6) is -1.20. The van der Waals surface area contributed by atoms with Gasteiger partial charge in [-0.3, -0.25) is 9.36 Å². The van der Waals surface area contributed by atoms with Crippen LogP contribution in [0.2, 0.25) is 0 Å². The largest absolute Gasteiger partial charge is 0.419 e. The Morgan fingerprint density at radius 3 is 2.54 bits per heavy atom. The number of benzene rings is 2. The third-order valence-corrected chi connectivity index (χ3v) is 5.79. The minimum Gasteiger partial charge on any atom is -0.408 e. The molecule has 26 heavy (non-hydrogen) atoms. The van der Waals surface area contributed by atoms with Crippen molar-refractivity contribution < 1.29 is 17.6 Å². The van der Waals surface area contributed by atoms with E-state index in [4.69, 9.17) is 4.42 Å². The SMILES string of the molecule is Cc1ccc(S(=O)(=O)CCC(=O)Nc2ccc3oc(=O)n(C)c3c2)cc1. The van der Waals surface area contributed by atoms with E-state index in [1.54, 1.807) is 37.4 Å². The maximum Gasteiger partial charge on any atom is 0.419 e. The molecule has 0 bridgehead atoms. The summed E-state index contributed by atoms with van der Waals surface area (Å²) in [5.41, 5.74) is 2.38. The van der Waals surface area contributed by atoms with Crippen LogP contribution in [0.5, 0.6) is 0 Å². The second kappa shape index (κ2) is 6.80. The average molecular weight is 374 g/mol. The highest BCUT2D eigenvalue weighted by Crippen LogP contribution is 2.18. The van der Waals surface area contributed by atoms with Gasteiger partial charge in [0.15, 0.2) is 15.4 Å². The van der Waals surface area contributed by atoms with Crippen LogP contribution in [0.4, 0.5) is 5.69 Å². The fourth-order valence-electron chi connectivity index (χ4n) is 2.52. The van der Waals surface area contributed by atoms with Crippen LogP contribution in [0.25, 0.3) is 11.1 Å². The summed E-state index contributed by atoms with van der Waals surface area (Å²) < 4.78 is 30.9. The van der Waals surface area contributed by atoms with Gasteiger partial charge in [-0.05, 0) is 37.3 Å². The zero-order valence-electron chi connectivity index (χ0n) is 14.4. The van der Waals surface area contributed by atoms with E-state index in [2.05, 4.69) is 5.32 Å². The fraction of sp³-hybridized carbons (Fsp3) is 0.222. The fourth-order valence-corrected chi connectivity index (χ4v) is 3.76. The minimum atomic E-state index is -3.52. The Bertz CT molecular complexity index is 1120. The first kappa shape index (κ1) is 17.9. The zero-order valence-corrected chi connectivity index (χ0v) is 15.2. The lowest BCUT2D eigenvalue weighted by atomic mass is 10.2. The van der Waals surface area contributed by atoms with E-state index < -0.39 is 21.5 Å². The molecule has 0 fully saturated rings. The number of sulfone groups is 1. The number of aromatic nitrogens is 1. The van der Waals surface area contributed by atoms with Crippen molar-refractivity contribution in [3.05, 3.63) is 58.6 Å². The summed E-state index contributed by atoms with van der Waals surface area (Å²) in [6.45, 7) is 1.87. The van der Waals surface area contributed by atoms with Gasteiger partial charge in [0.2, 0.25) is 5.91 Å². The van der Waals surface area contributed by atoms with Crippen LogP contribution >= 0.6 is 0 Å². The van der Waals surface area contributed by atoms with Crippen molar-refractivity contribution in [1.82, 2.24) is 4.57 Å². The number of anilines is 1. The van der Waals surface area contributed by atoms with Gasteiger partial charge in [-0.15, -0.1) is 0 Å². The molecular formula is C18H18N2O5S. The zero-order chi connectivity index (χ0) is 18.9. The van der Waals surface area contributed by atoms with Gasteiger partial charge in [-0.25, -0.2) is 13.2 Å². The van der Waals surface area contributed by atoms with Gasteiger partial charge in [0.1, 0.15) is 0 Å². The number of fused-ring (bicyclic) bond motifs is 1. The van der Waals surface area contributed by atoms with Gasteiger partial charge in [0, 0.05) is 19.2 Å². The Balaban J connectivity index is 1.68. The van der Waals surface area contributed by atoms with Crippen molar-refractivity contribution in [2.24, 2.45) is 7.05 Å². The van der Waals surface area contributed by atoms with Crippen LogP contribution in [0.1, 0.15) is 12.0 Å². The summed E-state index contributed by atoms with van der Waals surface area (Å²) in [5, 5.41) is 2.64. The van der Waals surface area contributed by atoms with Gasteiger partial charge < -0.3 is 9.73 Å². The van der Waals surface area contributed by atoms with Crippen molar-refractivity contribution in [2.75, 3.05) is 11.1 Å². The number of carbonyl (C=O) groups is 1. The van der Waals surface area contributed by atoms with E-state index in [1.165, 1.54) is 16.7 Å². The minimum absolute atomic E-state index is 0.168. The predicted molar refractivity (Wildman–Crippen MR) is 97.9 cm³/mol. The number of oxazole rings is 1. The van der Waals surface area contributed by atoms with Crippen LogP contribution in [-0.4, -0.2) is 24.6 Å². The third kappa shape index (κ3) is 3.70. The molecule has 0 unspecified atom stereocenters. The Kier molecular flexibility index (Phi) is 4.69. The summed E-state index contributed by atoms with van der Waals surface area (Å²) >= 11 is 0. The average Bonchev–Trinajstić information content (AvgIpc) is 2.88. The molecule has 0 saturated carbocycles. The van der Waals surface area contributed by atoms with Crippen LogP contribution < -0.4 is 11.1 Å². The second-order valence-electron chi connectivity index (χ2n) is 6.04. The van der Waals surface area contributed by atoms with Crippen LogP contribution in [-0.2, 0) is 21.7 Å². The molecule has 0 saturated heterocycles. The maximum absolute atomic E-state index is 12.3. The number of aryl methyl sites for hydroxylation is 2. The Hall–Kier alpha value is -2.87. The molecule has 0 aliphatic rings. The smallest absolute Gasteiger partial charge is 0.408 e. The van der Waals surface area contributed by atoms with Gasteiger partial charge in [-0.2, -0.15) is 0 Å². The Morgan fingerprint density at radius 1 is 1.15 bits per heavy atom. The van der Waals surface area contributed by atoms with E-state index >= 15 is 0 Å². The lowest BCUT2D eigenvalue weighted by molar-refractivity contribution is -0.115. The van der Waals surface area contributed by atoms with Gasteiger partial charge in [0.25, 0.3) is 0 Å². The number of carbonyl (C=O) groups excluding carboxylic acids is 1. The van der Waals surface area contributed by atoms with Crippen LogP contribution in [0.3, 0.4) is 0 Å². The van der Waals surface area contributed by atoms with E-state index in [0.717, 1.165) is 5.56 Å². The molecule has 7 nitrogen and oxygen atoms in total. The topological polar surface area (TPSA) is 98.4 Å². The molecule has 136 valence electrons. The molecule has 1 amide bonds. The van der Waals surface area contributed by atoms with Crippen molar-refractivity contribution >= 4 is 32.5 Å². The second-order valence-corrected chi connectivity index (χ2v) is 8.15.